The van der Waals surface area contributed by atoms with Crippen molar-refractivity contribution in [3.05, 3.63) is 59.2 Å². The number of ether oxygens (including phenoxy) is 1. The molecule has 3 amide bonds. The molecule has 0 saturated carbocycles. The topological polar surface area (TPSA) is 108 Å². The van der Waals surface area contributed by atoms with Crippen LogP contribution in [0, 0.1) is 25.7 Å². The Morgan fingerprint density at radius 2 is 1.46 bits per heavy atom. The molecule has 41 heavy (non-hydrogen) atoms. The van der Waals surface area contributed by atoms with E-state index in [1.165, 1.54) is 12.1 Å². The minimum atomic E-state index is -1.02. The van der Waals surface area contributed by atoms with E-state index in [2.05, 4.69) is 24.5 Å². The van der Waals surface area contributed by atoms with Crippen LogP contribution in [0.2, 0.25) is 0 Å². The van der Waals surface area contributed by atoms with E-state index in [1.54, 1.807) is 37.8 Å². The lowest BCUT2D eigenvalue weighted by Gasteiger charge is -2.39. The Labute approximate surface area is 245 Å². The fraction of sp³-hybridized carbons (Fsp3) is 0.545. The van der Waals surface area contributed by atoms with Crippen LogP contribution in [-0.4, -0.2) is 45.6 Å². The average molecular weight is 568 g/mol. The van der Waals surface area contributed by atoms with E-state index in [0.717, 1.165) is 17.5 Å². The van der Waals surface area contributed by atoms with Crippen molar-refractivity contribution < 1.29 is 24.2 Å². The maximum absolute atomic E-state index is 14.5. The minimum Gasteiger partial charge on any atom is -0.508 e. The van der Waals surface area contributed by atoms with Crippen LogP contribution in [0.3, 0.4) is 0 Å². The summed E-state index contributed by atoms with van der Waals surface area (Å²) in [5, 5.41) is 15.8. The molecule has 0 aliphatic heterocycles. The third-order valence-electron chi connectivity index (χ3n) is 6.96. The maximum atomic E-state index is 14.5. The van der Waals surface area contributed by atoms with Gasteiger partial charge < -0.3 is 25.4 Å². The molecular formula is C33H49N3O5. The van der Waals surface area contributed by atoms with Crippen LogP contribution in [0.1, 0.15) is 91.0 Å². The number of alkyl carbamates (subject to hydrolysis) is 1. The van der Waals surface area contributed by atoms with Crippen LogP contribution < -0.4 is 10.6 Å². The Morgan fingerprint density at radius 1 is 0.902 bits per heavy atom. The minimum absolute atomic E-state index is 0.0556. The molecule has 2 aromatic rings. The molecule has 0 aliphatic carbocycles. The number of amides is 3. The maximum Gasteiger partial charge on any atom is 0.408 e. The van der Waals surface area contributed by atoms with Gasteiger partial charge >= 0.3 is 6.09 Å². The largest absolute Gasteiger partial charge is 0.508 e. The first kappa shape index (κ1) is 33.7. The van der Waals surface area contributed by atoms with Crippen molar-refractivity contribution in [2.75, 3.05) is 5.32 Å². The van der Waals surface area contributed by atoms with Gasteiger partial charge in [-0.15, -0.1) is 0 Å². The van der Waals surface area contributed by atoms with Crippen molar-refractivity contribution in [3.63, 3.8) is 0 Å². The van der Waals surface area contributed by atoms with Crippen LogP contribution in [0.4, 0.5) is 10.5 Å². The fourth-order valence-electron chi connectivity index (χ4n) is 4.72. The third-order valence-corrected chi connectivity index (χ3v) is 6.96. The van der Waals surface area contributed by atoms with E-state index in [4.69, 9.17) is 4.74 Å². The van der Waals surface area contributed by atoms with Gasteiger partial charge in [0.05, 0.1) is 0 Å². The number of rotatable bonds is 11. The van der Waals surface area contributed by atoms with Gasteiger partial charge in [-0.1, -0.05) is 58.0 Å². The first-order chi connectivity index (χ1) is 19.0. The summed E-state index contributed by atoms with van der Waals surface area (Å²) < 4.78 is 5.47. The van der Waals surface area contributed by atoms with E-state index in [0.29, 0.717) is 23.6 Å². The van der Waals surface area contributed by atoms with Gasteiger partial charge in [0, 0.05) is 11.7 Å². The van der Waals surface area contributed by atoms with Crippen LogP contribution in [0.5, 0.6) is 5.75 Å². The lowest BCUT2D eigenvalue weighted by atomic mass is 9.94. The van der Waals surface area contributed by atoms with Crippen LogP contribution in [0.15, 0.2) is 42.5 Å². The van der Waals surface area contributed by atoms with Gasteiger partial charge in [-0.25, -0.2) is 4.79 Å². The number of phenols is 1. The molecule has 3 atom stereocenters. The Bertz CT molecular complexity index is 1160. The Balaban J connectivity index is 2.65. The highest BCUT2D eigenvalue weighted by Crippen LogP contribution is 2.31. The standard InChI is InChI=1S/C33H49N3O5/c1-20(2)14-15-24(7)36(31(39)27(21(3)4)35-32(40)41-33(8,9)10)29(25-16-18-26(37)19-17-25)30(38)34-28-22(5)12-11-13-23(28)6/h11-13,16-21,24,27,29,37H,14-15H2,1-10H3,(H,34,38)(H,35,40). The molecule has 0 bridgehead atoms. The predicted molar refractivity (Wildman–Crippen MR) is 164 cm³/mol. The number of benzene rings is 2. The number of hydrogen-bond acceptors (Lipinski definition) is 5. The second kappa shape index (κ2) is 14.4. The van der Waals surface area contributed by atoms with Gasteiger partial charge in [-0.3, -0.25) is 9.59 Å². The van der Waals surface area contributed by atoms with Crippen molar-refractivity contribution in [1.82, 2.24) is 10.2 Å². The molecule has 0 aromatic heterocycles. The van der Waals surface area contributed by atoms with E-state index in [-0.39, 0.29) is 29.5 Å². The number of nitrogens with zero attached hydrogens (tertiary/aromatic N) is 1. The first-order valence-electron chi connectivity index (χ1n) is 14.5. The highest BCUT2D eigenvalue weighted by Gasteiger charge is 2.40. The highest BCUT2D eigenvalue weighted by atomic mass is 16.6. The number of aryl methyl sites for hydroxylation is 2. The molecular weight excluding hydrogens is 518 g/mol. The smallest absolute Gasteiger partial charge is 0.408 e. The zero-order valence-electron chi connectivity index (χ0n) is 26.4. The molecule has 3 unspecified atom stereocenters. The van der Waals surface area contributed by atoms with Crippen molar-refractivity contribution in [2.45, 2.75) is 106 Å². The zero-order chi connectivity index (χ0) is 31.1. The summed E-state index contributed by atoms with van der Waals surface area (Å²) in [6, 6.07) is 9.81. The van der Waals surface area contributed by atoms with Crippen LogP contribution in [-0.2, 0) is 14.3 Å². The number of nitrogens with one attached hydrogen (secondary N) is 2. The Hall–Kier alpha value is -3.55. The summed E-state index contributed by atoms with van der Waals surface area (Å²) in [6.45, 7) is 19.0. The molecule has 0 radical (unpaired) electrons. The first-order valence-corrected chi connectivity index (χ1v) is 14.5. The second-order valence-corrected chi connectivity index (χ2v) is 12.7. The molecule has 226 valence electrons. The number of para-hydroxylation sites is 1. The summed E-state index contributed by atoms with van der Waals surface area (Å²) in [7, 11) is 0. The number of carbonyl (C=O) groups is 3. The molecule has 0 saturated heterocycles. The monoisotopic (exact) mass is 567 g/mol. The SMILES string of the molecule is Cc1cccc(C)c1NC(=O)C(c1ccc(O)cc1)N(C(=O)C(NC(=O)OC(C)(C)C)C(C)C)C(C)CCC(C)C. The van der Waals surface area contributed by atoms with Crippen molar-refractivity contribution >= 4 is 23.6 Å². The molecule has 0 fully saturated rings. The predicted octanol–water partition coefficient (Wildman–Crippen LogP) is 6.89. The summed E-state index contributed by atoms with van der Waals surface area (Å²) in [4.78, 5) is 43.1. The summed E-state index contributed by atoms with van der Waals surface area (Å²) in [5.41, 5.74) is 2.31. The number of anilines is 1. The molecule has 8 nitrogen and oxygen atoms in total. The lowest BCUT2D eigenvalue weighted by Crippen LogP contribution is -2.56. The van der Waals surface area contributed by atoms with E-state index in [9.17, 15) is 19.5 Å². The van der Waals surface area contributed by atoms with E-state index < -0.39 is 23.8 Å². The van der Waals surface area contributed by atoms with Gasteiger partial charge in [0.15, 0.2) is 0 Å². The number of carbonyl (C=O) groups excluding carboxylic acids is 3. The highest BCUT2D eigenvalue weighted by molar-refractivity contribution is 6.00. The molecule has 0 heterocycles. The zero-order valence-corrected chi connectivity index (χ0v) is 26.4. The van der Waals surface area contributed by atoms with Crippen molar-refractivity contribution in [3.8, 4) is 5.75 Å². The number of phenolic OH excluding ortho intramolecular Hbond substituents is 1. The lowest BCUT2D eigenvalue weighted by molar-refractivity contribution is -0.144. The van der Waals surface area contributed by atoms with Gasteiger partial charge in [0.2, 0.25) is 5.91 Å². The van der Waals surface area contributed by atoms with Crippen LogP contribution in [0.25, 0.3) is 0 Å². The molecule has 2 rings (SSSR count). The average Bonchev–Trinajstić information content (AvgIpc) is 2.85. The normalized spacial score (nSPS) is 13.9. The third kappa shape index (κ3) is 9.80. The van der Waals surface area contributed by atoms with Crippen molar-refractivity contribution in [1.29, 1.82) is 0 Å². The quantitative estimate of drug-likeness (QED) is 0.274. The Morgan fingerprint density at radius 3 is 1.95 bits per heavy atom. The van der Waals surface area contributed by atoms with E-state index >= 15 is 0 Å². The molecule has 0 aliphatic rings. The van der Waals surface area contributed by atoms with Gasteiger partial charge in [-0.05, 0) is 95.0 Å². The van der Waals surface area contributed by atoms with E-state index in [1.807, 2.05) is 52.8 Å². The molecule has 3 N–H and O–H groups in total. The van der Waals surface area contributed by atoms with Gasteiger partial charge in [-0.2, -0.15) is 0 Å². The molecule has 0 spiro atoms. The van der Waals surface area contributed by atoms with Crippen molar-refractivity contribution in [2.24, 2.45) is 11.8 Å². The summed E-state index contributed by atoms with van der Waals surface area (Å²) in [6.07, 6.45) is 0.810. The summed E-state index contributed by atoms with van der Waals surface area (Å²) >= 11 is 0. The molecule has 8 heteroatoms. The Kier molecular flexibility index (Phi) is 11.8. The molecule has 2 aromatic carbocycles. The van der Waals surface area contributed by atoms with Gasteiger partial charge in [0.1, 0.15) is 23.4 Å². The number of hydrogen-bond donors (Lipinski definition) is 3. The van der Waals surface area contributed by atoms with Gasteiger partial charge in [0.25, 0.3) is 5.91 Å². The van der Waals surface area contributed by atoms with Crippen LogP contribution >= 0.6 is 0 Å². The second-order valence-electron chi connectivity index (χ2n) is 12.7. The summed E-state index contributed by atoms with van der Waals surface area (Å²) in [5.74, 6) is -0.586. The fourth-order valence-corrected chi connectivity index (χ4v) is 4.72. The number of aromatic hydroxyl groups is 1.